The number of aryl methyl sites for hydroxylation is 2. The van der Waals surface area contributed by atoms with Gasteiger partial charge in [-0.3, -0.25) is 9.48 Å². The Morgan fingerprint density at radius 2 is 2.15 bits per heavy atom. The van der Waals surface area contributed by atoms with E-state index in [1.165, 1.54) is 0 Å². The molecule has 1 aliphatic rings. The Balaban J connectivity index is 1.51. The van der Waals surface area contributed by atoms with E-state index in [0.29, 0.717) is 18.8 Å². The van der Waals surface area contributed by atoms with Crippen LogP contribution in [-0.4, -0.2) is 46.7 Å². The van der Waals surface area contributed by atoms with Gasteiger partial charge in [0.15, 0.2) is 0 Å². The predicted octanol–water partition coefficient (Wildman–Crippen LogP) is 1.82. The van der Waals surface area contributed by atoms with Gasteiger partial charge in [-0.25, -0.2) is 9.97 Å². The lowest BCUT2D eigenvalue weighted by molar-refractivity contribution is 0.0716. The van der Waals surface area contributed by atoms with E-state index in [0.717, 1.165) is 28.0 Å². The van der Waals surface area contributed by atoms with Gasteiger partial charge in [-0.15, -0.1) is 0 Å². The summed E-state index contributed by atoms with van der Waals surface area (Å²) in [6.45, 7) is 1.05. The van der Waals surface area contributed by atoms with E-state index in [1.807, 2.05) is 54.3 Å². The average Bonchev–Trinajstić information content (AvgIpc) is 3.40. The van der Waals surface area contributed by atoms with Crippen LogP contribution in [0.5, 0.6) is 0 Å². The highest BCUT2D eigenvalue weighted by Crippen LogP contribution is 2.32. The zero-order valence-corrected chi connectivity index (χ0v) is 15.1. The minimum atomic E-state index is -0.0766. The zero-order chi connectivity index (χ0) is 18.5. The molecule has 0 saturated carbocycles. The molecule has 1 amide bonds. The van der Waals surface area contributed by atoms with Crippen molar-refractivity contribution in [2.24, 2.45) is 14.1 Å². The van der Waals surface area contributed by atoms with Crippen molar-refractivity contribution in [3.05, 3.63) is 65.8 Å². The molecule has 1 unspecified atom stereocenters. The molecule has 8 nitrogen and oxygen atoms in total. The average molecular weight is 361 g/mol. The van der Waals surface area contributed by atoms with Crippen molar-refractivity contribution in [3.8, 4) is 0 Å². The van der Waals surface area contributed by atoms with Gasteiger partial charge in [0, 0.05) is 49.9 Å². The fraction of sp³-hybridized carbons (Fsp3) is 0.263. The molecule has 4 aromatic heterocycles. The summed E-state index contributed by atoms with van der Waals surface area (Å²) in [5, 5.41) is 5.30. The highest BCUT2D eigenvalue weighted by Gasteiger charge is 2.33. The second-order valence-electron chi connectivity index (χ2n) is 6.99. The number of carbonyl (C=O) groups is 1. The molecule has 5 heterocycles. The Bertz CT molecular complexity index is 1150. The number of imidazole rings is 1. The van der Waals surface area contributed by atoms with E-state index in [2.05, 4.69) is 20.1 Å². The lowest BCUT2D eigenvalue weighted by atomic mass is 9.93. The van der Waals surface area contributed by atoms with E-state index in [-0.39, 0.29) is 11.8 Å². The maximum absolute atomic E-state index is 13.2. The molecule has 27 heavy (non-hydrogen) atoms. The third kappa shape index (κ3) is 2.52. The van der Waals surface area contributed by atoms with E-state index in [4.69, 9.17) is 0 Å². The van der Waals surface area contributed by atoms with Gasteiger partial charge < -0.3 is 14.5 Å². The maximum atomic E-state index is 13.2. The highest BCUT2D eigenvalue weighted by atomic mass is 16.2. The summed E-state index contributed by atoms with van der Waals surface area (Å²) in [6, 6.07) is 5.73. The quantitative estimate of drug-likeness (QED) is 0.590. The molecule has 0 aromatic carbocycles. The van der Waals surface area contributed by atoms with Gasteiger partial charge in [0.2, 0.25) is 0 Å². The number of aromatic nitrogens is 6. The first-order valence-corrected chi connectivity index (χ1v) is 8.82. The van der Waals surface area contributed by atoms with Gasteiger partial charge in [-0.1, -0.05) is 0 Å². The van der Waals surface area contributed by atoms with Crippen LogP contribution in [0.1, 0.15) is 33.4 Å². The molecule has 1 atom stereocenters. The van der Waals surface area contributed by atoms with Crippen LogP contribution in [0.3, 0.4) is 0 Å². The van der Waals surface area contributed by atoms with Gasteiger partial charge in [-0.05, 0) is 18.2 Å². The van der Waals surface area contributed by atoms with Crippen molar-refractivity contribution in [1.82, 2.24) is 34.2 Å². The molecule has 0 bridgehead atoms. The fourth-order valence-electron chi connectivity index (χ4n) is 3.77. The van der Waals surface area contributed by atoms with E-state index < -0.39 is 0 Å². The van der Waals surface area contributed by atoms with Gasteiger partial charge in [0.25, 0.3) is 5.91 Å². The summed E-state index contributed by atoms with van der Waals surface area (Å²) in [4.78, 5) is 27.3. The molecule has 1 aliphatic heterocycles. The van der Waals surface area contributed by atoms with Crippen LogP contribution >= 0.6 is 0 Å². The Labute approximate surface area is 155 Å². The van der Waals surface area contributed by atoms with E-state index in [9.17, 15) is 4.79 Å². The summed E-state index contributed by atoms with van der Waals surface area (Å²) in [7, 11) is 3.82. The molecule has 0 spiro atoms. The number of rotatable bonds is 2. The summed E-state index contributed by atoms with van der Waals surface area (Å²) in [6.07, 6.45) is 7.45. The van der Waals surface area contributed by atoms with Crippen LogP contribution in [-0.2, 0) is 20.6 Å². The van der Waals surface area contributed by atoms with E-state index in [1.54, 1.807) is 17.1 Å². The minimum absolute atomic E-state index is 0.00332. The molecule has 1 N–H and O–H groups in total. The van der Waals surface area contributed by atoms with Crippen LogP contribution in [0.25, 0.3) is 11.0 Å². The minimum Gasteiger partial charge on any atom is -0.347 e. The molecule has 0 fully saturated rings. The number of pyridine rings is 1. The molecule has 0 aliphatic carbocycles. The molecule has 0 saturated heterocycles. The normalized spacial score (nSPS) is 16.7. The van der Waals surface area contributed by atoms with Crippen molar-refractivity contribution in [2.75, 3.05) is 6.54 Å². The third-order valence-corrected chi connectivity index (χ3v) is 5.18. The van der Waals surface area contributed by atoms with Crippen molar-refractivity contribution in [1.29, 1.82) is 0 Å². The Hall–Kier alpha value is -3.42. The zero-order valence-electron chi connectivity index (χ0n) is 15.1. The van der Waals surface area contributed by atoms with Crippen LogP contribution in [0.4, 0.5) is 0 Å². The number of amides is 1. The molecule has 4 aromatic rings. The molecular weight excluding hydrogens is 342 g/mol. The molecule has 136 valence electrons. The smallest absolute Gasteiger partial charge is 0.272 e. The van der Waals surface area contributed by atoms with Gasteiger partial charge in [0.1, 0.15) is 11.3 Å². The second-order valence-corrected chi connectivity index (χ2v) is 6.99. The number of carbonyl (C=O) groups excluding carboxylic acids is 1. The lowest BCUT2D eigenvalue weighted by Gasteiger charge is -2.31. The van der Waals surface area contributed by atoms with Crippen molar-refractivity contribution < 1.29 is 4.79 Å². The van der Waals surface area contributed by atoms with Crippen LogP contribution in [0.15, 0.2) is 43.1 Å². The van der Waals surface area contributed by atoms with E-state index >= 15 is 0 Å². The first-order chi connectivity index (χ1) is 13.1. The topological polar surface area (TPSA) is 84.6 Å². The van der Waals surface area contributed by atoms with Crippen molar-refractivity contribution in [3.63, 3.8) is 0 Å². The Morgan fingerprint density at radius 1 is 1.26 bits per heavy atom. The molecule has 0 radical (unpaired) electrons. The monoisotopic (exact) mass is 361 g/mol. The third-order valence-electron chi connectivity index (χ3n) is 5.18. The first kappa shape index (κ1) is 15.8. The number of aromatic amines is 1. The Kier molecular flexibility index (Phi) is 3.40. The standard InChI is InChI=1S/C19H19N7O/c1-24-6-5-12-3-4-15(23-18(12)24)19(27)26-9-14(13-7-22-25(2)8-13)17-16(10-26)20-11-21-17/h3-8,11,14H,9-10H2,1-2H3,(H,20,21). The number of H-pyrrole nitrogens is 1. The van der Waals surface area contributed by atoms with Gasteiger partial charge >= 0.3 is 0 Å². The first-order valence-electron chi connectivity index (χ1n) is 8.82. The van der Waals surface area contributed by atoms with Gasteiger partial charge in [0.05, 0.1) is 30.5 Å². The van der Waals surface area contributed by atoms with Crippen LogP contribution < -0.4 is 0 Å². The lowest BCUT2D eigenvalue weighted by Crippen LogP contribution is -2.39. The highest BCUT2D eigenvalue weighted by molar-refractivity contribution is 5.94. The van der Waals surface area contributed by atoms with Crippen LogP contribution in [0, 0.1) is 0 Å². The van der Waals surface area contributed by atoms with Crippen molar-refractivity contribution >= 4 is 16.9 Å². The number of hydrogen-bond donors (Lipinski definition) is 1. The summed E-state index contributed by atoms with van der Waals surface area (Å²) in [5.41, 5.74) is 4.26. The second kappa shape index (κ2) is 5.80. The largest absolute Gasteiger partial charge is 0.347 e. The summed E-state index contributed by atoms with van der Waals surface area (Å²) < 4.78 is 3.70. The van der Waals surface area contributed by atoms with Crippen LogP contribution in [0.2, 0.25) is 0 Å². The van der Waals surface area contributed by atoms with Gasteiger partial charge in [-0.2, -0.15) is 5.10 Å². The van der Waals surface area contributed by atoms with Crippen molar-refractivity contribution in [2.45, 2.75) is 12.5 Å². The number of hydrogen-bond acceptors (Lipinski definition) is 4. The summed E-state index contributed by atoms with van der Waals surface area (Å²) >= 11 is 0. The molecule has 8 heteroatoms. The fourth-order valence-corrected chi connectivity index (χ4v) is 3.77. The summed E-state index contributed by atoms with van der Waals surface area (Å²) in [5.74, 6) is -0.0799. The molecular formula is C19H19N7O. The number of nitrogens with one attached hydrogen (secondary N) is 1. The number of nitrogens with zero attached hydrogens (tertiary/aromatic N) is 6. The predicted molar refractivity (Wildman–Crippen MR) is 99.1 cm³/mol. The Morgan fingerprint density at radius 3 is 2.96 bits per heavy atom. The number of fused-ring (bicyclic) bond motifs is 2. The maximum Gasteiger partial charge on any atom is 0.272 e. The SMILES string of the molecule is Cn1cc(C2CN(C(=O)c3ccc4ccn(C)c4n3)Cc3[nH]cnc32)cn1. The molecule has 5 rings (SSSR count).